The van der Waals surface area contributed by atoms with Crippen molar-refractivity contribution in [2.45, 2.75) is 32.7 Å². The van der Waals surface area contributed by atoms with E-state index in [1.807, 2.05) is 44.3 Å². The van der Waals surface area contributed by atoms with Crippen molar-refractivity contribution in [3.63, 3.8) is 0 Å². The highest BCUT2D eigenvalue weighted by molar-refractivity contribution is 5.80. The molecule has 0 saturated carbocycles. The zero-order valence-corrected chi connectivity index (χ0v) is 13.1. The first-order chi connectivity index (χ1) is 10.6. The van der Waals surface area contributed by atoms with Crippen molar-refractivity contribution >= 4 is 22.8 Å². The number of aromatic nitrogens is 2. The zero-order valence-electron chi connectivity index (χ0n) is 13.1. The monoisotopic (exact) mass is 298 g/mol. The molecule has 1 N–H and O–H groups in total. The van der Waals surface area contributed by atoms with E-state index < -0.39 is 0 Å². The van der Waals surface area contributed by atoms with Crippen LogP contribution in [0, 0.1) is 5.92 Å². The van der Waals surface area contributed by atoms with Crippen molar-refractivity contribution in [1.82, 2.24) is 15.3 Å². The lowest BCUT2D eigenvalue weighted by Crippen LogP contribution is -2.45. The number of anilines is 1. The van der Waals surface area contributed by atoms with Gasteiger partial charge >= 0.3 is 0 Å². The Bertz CT molecular complexity index is 671. The molecule has 22 heavy (non-hydrogen) atoms. The predicted octanol–water partition coefficient (Wildman–Crippen LogP) is 2.37. The van der Waals surface area contributed by atoms with Crippen molar-refractivity contribution in [2.75, 3.05) is 18.0 Å². The number of hydrogen-bond acceptors (Lipinski definition) is 4. The molecule has 116 valence electrons. The van der Waals surface area contributed by atoms with E-state index in [4.69, 9.17) is 0 Å². The number of amides is 1. The lowest BCUT2D eigenvalue weighted by atomic mass is 9.97. The summed E-state index contributed by atoms with van der Waals surface area (Å²) in [6.45, 7) is 5.63. The molecular weight excluding hydrogens is 276 g/mol. The molecule has 0 radical (unpaired) electrons. The van der Waals surface area contributed by atoms with Gasteiger partial charge in [0.25, 0.3) is 0 Å². The van der Waals surface area contributed by atoms with Gasteiger partial charge in [-0.3, -0.25) is 9.78 Å². The van der Waals surface area contributed by atoms with Gasteiger partial charge in [-0.05, 0) is 38.8 Å². The highest BCUT2D eigenvalue weighted by atomic mass is 16.2. The van der Waals surface area contributed by atoms with Crippen LogP contribution in [0.15, 0.2) is 30.5 Å². The minimum absolute atomic E-state index is 0.0319. The van der Waals surface area contributed by atoms with E-state index in [9.17, 15) is 4.79 Å². The standard InChI is InChI=1S/C17H22N4O/c1-12(2)19-17(22)13-6-5-9-21(11-13)16-10-18-14-7-3-4-8-15(14)20-16/h3-4,7-8,10,12-13H,5-6,9,11H2,1-2H3,(H,19,22). The molecule has 1 aromatic carbocycles. The van der Waals surface area contributed by atoms with Gasteiger partial charge < -0.3 is 10.2 Å². The summed E-state index contributed by atoms with van der Waals surface area (Å²) in [7, 11) is 0. The Labute approximate surface area is 130 Å². The molecule has 1 fully saturated rings. The van der Waals surface area contributed by atoms with Gasteiger partial charge in [0.15, 0.2) is 0 Å². The number of rotatable bonds is 3. The lowest BCUT2D eigenvalue weighted by Gasteiger charge is -2.33. The Hall–Kier alpha value is -2.17. The fourth-order valence-corrected chi connectivity index (χ4v) is 2.90. The van der Waals surface area contributed by atoms with Crippen LogP contribution >= 0.6 is 0 Å². The smallest absolute Gasteiger partial charge is 0.225 e. The van der Waals surface area contributed by atoms with Crippen molar-refractivity contribution < 1.29 is 4.79 Å². The molecule has 0 bridgehead atoms. The molecule has 1 aliphatic rings. The number of para-hydroxylation sites is 2. The molecule has 1 atom stereocenters. The van der Waals surface area contributed by atoms with Crippen LogP contribution in [0.2, 0.25) is 0 Å². The van der Waals surface area contributed by atoms with E-state index in [2.05, 4.69) is 20.2 Å². The summed E-state index contributed by atoms with van der Waals surface area (Å²) in [4.78, 5) is 23.6. The first kappa shape index (κ1) is 14.8. The van der Waals surface area contributed by atoms with Gasteiger partial charge in [0, 0.05) is 19.1 Å². The average molecular weight is 298 g/mol. The van der Waals surface area contributed by atoms with Crippen LogP contribution in [-0.4, -0.2) is 35.0 Å². The minimum Gasteiger partial charge on any atom is -0.355 e. The lowest BCUT2D eigenvalue weighted by molar-refractivity contribution is -0.125. The maximum atomic E-state index is 12.2. The highest BCUT2D eigenvalue weighted by Gasteiger charge is 2.27. The Morgan fingerprint density at radius 1 is 1.32 bits per heavy atom. The SMILES string of the molecule is CC(C)NC(=O)C1CCCN(c2cnc3ccccc3n2)C1. The van der Waals surface area contributed by atoms with Crippen LogP contribution in [0.3, 0.4) is 0 Å². The first-order valence-corrected chi connectivity index (χ1v) is 7.90. The summed E-state index contributed by atoms with van der Waals surface area (Å²) in [6.07, 6.45) is 3.76. The van der Waals surface area contributed by atoms with Crippen molar-refractivity contribution in [1.29, 1.82) is 0 Å². The van der Waals surface area contributed by atoms with Crippen LogP contribution in [-0.2, 0) is 4.79 Å². The molecule has 1 aromatic heterocycles. The quantitative estimate of drug-likeness (QED) is 0.945. The van der Waals surface area contributed by atoms with Gasteiger partial charge in [-0.25, -0.2) is 4.98 Å². The summed E-state index contributed by atoms with van der Waals surface area (Å²) in [5.74, 6) is 1.04. The Morgan fingerprint density at radius 2 is 2.09 bits per heavy atom. The fraction of sp³-hybridized carbons (Fsp3) is 0.471. The van der Waals surface area contributed by atoms with E-state index in [-0.39, 0.29) is 17.9 Å². The molecule has 2 aromatic rings. The molecule has 0 aliphatic carbocycles. The fourth-order valence-electron chi connectivity index (χ4n) is 2.90. The first-order valence-electron chi connectivity index (χ1n) is 7.90. The van der Waals surface area contributed by atoms with Gasteiger partial charge in [0.1, 0.15) is 5.82 Å². The maximum Gasteiger partial charge on any atom is 0.225 e. The van der Waals surface area contributed by atoms with E-state index in [0.29, 0.717) is 6.54 Å². The second kappa shape index (κ2) is 6.30. The third-order valence-electron chi connectivity index (χ3n) is 3.98. The number of carbonyl (C=O) groups is 1. The Kier molecular flexibility index (Phi) is 4.22. The van der Waals surface area contributed by atoms with Crippen LogP contribution in [0.25, 0.3) is 11.0 Å². The maximum absolute atomic E-state index is 12.2. The number of hydrogen-bond donors (Lipinski definition) is 1. The van der Waals surface area contributed by atoms with Crippen LogP contribution in [0.5, 0.6) is 0 Å². The summed E-state index contributed by atoms with van der Waals surface area (Å²) in [5.41, 5.74) is 1.80. The Balaban J connectivity index is 1.76. The number of piperidine rings is 1. The molecule has 2 heterocycles. The third kappa shape index (κ3) is 3.18. The van der Waals surface area contributed by atoms with Crippen LogP contribution in [0.4, 0.5) is 5.82 Å². The van der Waals surface area contributed by atoms with Crippen LogP contribution < -0.4 is 10.2 Å². The number of nitrogens with zero attached hydrogens (tertiary/aromatic N) is 3. The molecule has 5 nitrogen and oxygen atoms in total. The molecule has 1 aliphatic heterocycles. The summed E-state index contributed by atoms with van der Waals surface area (Å²) >= 11 is 0. The third-order valence-corrected chi connectivity index (χ3v) is 3.98. The van der Waals surface area contributed by atoms with Gasteiger partial charge in [-0.2, -0.15) is 0 Å². The molecule has 0 spiro atoms. The summed E-state index contributed by atoms with van der Waals surface area (Å²) < 4.78 is 0. The van der Waals surface area contributed by atoms with Crippen molar-refractivity contribution in [2.24, 2.45) is 5.92 Å². The van der Waals surface area contributed by atoms with E-state index in [0.717, 1.165) is 36.2 Å². The second-order valence-corrected chi connectivity index (χ2v) is 6.17. The predicted molar refractivity (Wildman–Crippen MR) is 87.8 cm³/mol. The Morgan fingerprint density at radius 3 is 2.86 bits per heavy atom. The van der Waals surface area contributed by atoms with Crippen LogP contribution in [0.1, 0.15) is 26.7 Å². The molecule has 1 amide bonds. The van der Waals surface area contributed by atoms with Crippen molar-refractivity contribution in [3.05, 3.63) is 30.5 Å². The largest absolute Gasteiger partial charge is 0.355 e. The van der Waals surface area contributed by atoms with Crippen molar-refractivity contribution in [3.8, 4) is 0 Å². The van der Waals surface area contributed by atoms with Gasteiger partial charge in [0.05, 0.1) is 23.1 Å². The van der Waals surface area contributed by atoms with Gasteiger partial charge in [-0.15, -0.1) is 0 Å². The normalized spacial score (nSPS) is 18.7. The molecular formula is C17H22N4O. The number of carbonyl (C=O) groups excluding carboxylic acids is 1. The average Bonchev–Trinajstić information content (AvgIpc) is 2.54. The molecule has 1 saturated heterocycles. The van der Waals surface area contributed by atoms with E-state index in [1.54, 1.807) is 0 Å². The summed E-state index contributed by atoms with van der Waals surface area (Å²) in [6, 6.07) is 8.04. The molecule has 3 rings (SSSR count). The van der Waals surface area contributed by atoms with Gasteiger partial charge in [0.2, 0.25) is 5.91 Å². The number of fused-ring (bicyclic) bond motifs is 1. The topological polar surface area (TPSA) is 58.1 Å². The minimum atomic E-state index is 0.0319. The molecule has 1 unspecified atom stereocenters. The second-order valence-electron chi connectivity index (χ2n) is 6.17. The zero-order chi connectivity index (χ0) is 15.5. The highest BCUT2D eigenvalue weighted by Crippen LogP contribution is 2.23. The molecule has 5 heteroatoms. The number of benzene rings is 1. The van der Waals surface area contributed by atoms with E-state index >= 15 is 0 Å². The number of nitrogens with one attached hydrogen (secondary N) is 1. The summed E-state index contributed by atoms with van der Waals surface area (Å²) in [5, 5.41) is 3.01. The van der Waals surface area contributed by atoms with E-state index in [1.165, 1.54) is 0 Å². The van der Waals surface area contributed by atoms with Gasteiger partial charge in [-0.1, -0.05) is 12.1 Å².